The summed E-state index contributed by atoms with van der Waals surface area (Å²) in [6, 6.07) is 59.2. The van der Waals surface area contributed by atoms with Crippen LogP contribution in [0.3, 0.4) is 0 Å². The maximum absolute atomic E-state index is 12.3. The molecule has 0 spiro atoms. The lowest BCUT2D eigenvalue weighted by molar-refractivity contribution is -0.119. The Labute approximate surface area is 672 Å². The predicted octanol–water partition coefficient (Wildman–Crippen LogP) is 17.4. The molecule has 6 heterocycles. The lowest BCUT2D eigenvalue weighted by Gasteiger charge is -2.27. The van der Waals surface area contributed by atoms with Crippen molar-refractivity contribution in [2.75, 3.05) is 72.3 Å². The van der Waals surface area contributed by atoms with Gasteiger partial charge in [0.2, 0.25) is 39.9 Å². The molecule has 21 nitrogen and oxygen atoms in total. The van der Waals surface area contributed by atoms with Crippen molar-refractivity contribution in [1.82, 2.24) is 0 Å². The summed E-state index contributed by atoms with van der Waals surface area (Å²) in [5.41, 5.74) is 16.3. The van der Waals surface area contributed by atoms with Crippen molar-refractivity contribution in [3.05, 3.63) is 266 Å². The molecule has 1 N–H and O–H groups in total. The van der Waals surface area contributed by atoms with Crippen molar-refractivity contribution in [2.45, 2.75) is 116 Å². The molecule has 594 valence electrons. The third-order valence-electron chi connectivity index (χ3n) is 21.6. The quantitative estimate of drug-likeness (QED) is 0.0946. The summed E-state index contributed by atoms with van der Waals surface area (Å²) in [6.07, 6.45) is 6.27. The highest BCUT2D eigenvalue weighted by atomic mass is 16.7. The lowest BCUT2D eigenvalue weighted by Crippen LogP contribution is -2.23. The average molecular weight is 1560 g/mol. The predicted molar refractivity (Wildman–Crippen MR) is 432 cm³/mol. The Bertz CT molecular complexity index is 5140. The molecular formula is C95H89NO20. The van der Waals surface area contributed by atoms with Gasteiger partial charge >= 0.3 is 0 Å². The zero-order chi connectivity index (χ0) is 79.8. The van der Waals surface area contributed by atoms with Crippen LogP contribution >= 0.6 is 0 Å². The van der Waals surface area contributed by atoms with Crippen LogP contribution in [0.15, 0.2) is 188 Å². The Kier molecular flexibility index (Phi) is 23.1. The summed E-state index contributed by atoms with van der Waals surface area (Å²) in [4.78, 5) is 61.2. The molecule has 4 aliphatic carbocycles. The standard InChI is InChI=1S/C19H19NO4.3C19H18O4.C19H16O4/c1-2-7-22-16-6-4-3-5-12(16)13-9-19(21)20-15-10-18-17(8-14(13)15)23-11-24-18;4*1-2-21-17-6-4-3-5-14(17)16-9-13(20)7-12-8-18-19(10-15(12)16)23-11-22-18/h3-6,8,10,13H,2,7,9,11H2,1H3,(H,20,21);3*3-6,8,10,16H,2,7,9,11H2,1H3;3-6,8-10H,2,7,11H2,1H3/t;2*16-;;/m.10../s1. The van der Waals surface area contributed by atoms with Crippen LogP contribution in [0.4, 0.5) is 5.69 Å². The number of anilines is 1. The van der Waals surface area contributed by atoms with Gasteiger partial charge in [0.1, 0.15) is 46.1 Å². The fraction of sp³-hybridized carbons (Fsp3) is 0.295. The third kappa shape index (κ3) is 16.5. The number of fused-ring (bicyclic) bond motifs is 10. The number of ketones is 4. The molecule has 0 aromatic heterocycles. The van der Waals surface area contributed by atoms with Gasteiger partial charge in [0, 0.05) is 115 Å². The Hall–Kier alpha value is -12.9. The van der Waals surface area contributed by atoms with Crippen molar-refractivity contribution < 1.29 is 95.0 Å². The summed E-state index contributed by atoms with van der Waals surface area (Å²) in [5, 5.41) is 2.94. The Morgan fingerprint density at radius 2 is 0.629 bits per heavy atom. The first-order chi connectivity index (χ1) is 56.8. The van der Waals surface area contributed by atoms with E-state index in [1.54, 1.807) is 6.08 Å². The van der Waals surface area contributed by atoms with E-state index in [9.17, 15) is 24.0 Å². The first-order valence-corrected chi connectivity index (χ1v) is 39.6. The summed E-state index contributed by atoms with van der Waals surface area (Å²) in [7, 11) is 0. The molecule has 6 aliphatic heterocycles. The summed E-state index contributed by atoms with van der Waals surface area (Å²) >= 11 is 0. The number of nitrogens with one attached hydrogen (secondary N) is 1. The van der Waals surface area contributed by atoms with Gasteiger partial charge in [-0.1, -0.05) is 97.9 Å². The van der Waals surface area contributed by atoms with Crippen LogP contribution in [0, 0.1) is 0 Å². The number of carbonyl (C=O) groups excluding carboxylic acids is 5. The molecule has 10 aromatic carbocycles. The minimum Gasteiger partial charge on any atom is -0.494 e. The highest BCUT2D eigenvalue weighted by molar-refractivity contribution is 6.06. The number of hydrogen-bond acceptors (Lipinski definition) is 20. The van der Waals surface area contributed by atoms with Crippen molar-refractivity contribution in [1.29, 1.82) is 0 Å². The Morgan fingerprint density at radius 3 is 1.03 bits per heavy atom. The monoisotopic (exact) mass is 1560 g/mol. The van der Waals surface area contributed by atoms with Crippen LogP contribution in [0.1, 0.15) is 168 Å². The van der Waals surface area contributed by atoms with Gasteiger partial charge in [-0.05, 0) is 181 Å². The van der Waals surface area contributed by atoms with Gasteiger partial charge in [0.25, 0.3) is 0 Å². The second-order valence-electron chi connectivity index (χ2n) is 29.0. The molecule has 10 aliphatic rings. The molecule has 116 heavy (non-hydrogen) atoms. The van der Waals surface area contributed by atoms with Crippen molar-refractivity contribution in [2.24, 2.45) is 0 Å². The molecular weight excluding hydrogens is 1480 g/mol. The number of amides is 1. The molecule has 0 fully saturated rings. The van der Waals surface area contributed by atoms with Gasteiger partial charge in [0.15, 0.2) is 63.3 Å². The Balaban J connectivity index is 0.000000109. The van der Waals surface area contributed by atoms with Crippen LogP contribution < -0.4 is 76.4 Å². The van der Waals surface area contributed by atoms with Crippen molar-refractivity contribution in [3.8, 4) is 86.2 Å². The molecule has 0 radical (unpaired) electrons. The van der Waals surface area contributed by atoms with E-state index >= 15 is 0 Å². The molecule has 4 atom stereocenters. The zero-order valence-corrected chi connectivity index (χ0v) is 65.3. The van der Waals surface area contributed by atoms with Gasteiger partial charge in [-0.25, -0.2) is 0 Å². The number of para-hydroxylation sites is 5. The normalized spacial score (nSPS) is 17.8. The van der Waals surface area contributed by atoms with Gasteiger partial charge in [0.05, 0.1) is 33.0 Å². The van der Waals surface area contributed by atoms with Gasteiger partial charge in [-0.15, -0.1) is 0 Å². The molecule has 0 bridgehead atoms. The van der Waals surface area contributed by atoms with Crippen molar-refractivity contribution in [3.63, 3.8) is 0 Å². The van der Waals surface area contributed by atoms with Crippen LogP contribution in [0.2, 0.25) is 0 Å². The van der Waals surface area contributed by atoms with Crippen LogP contribution in [-0.4, -0.2) is 96.0 Å². The smallest absolute Gasteiger partial charge is 0.231 e. The number of hydrogen-bond donors (Lipinski definition) is 1. The number of ether oxygens (including phenoxy) is 15. The SMILES string of the molecule is CCCOc1ccccc1C1CC(=O)Nc2cc3c(cc21)OCO3.CCOc1ccccc1C1=CC(=O)Cc2cc3c(cc21)OCO3.CCOc1ccccc1C1CC(=O)Cc2cc3c(cc21)OCO3.CCOc1ccccc1[C@@H]1CC(=O)Cc2cc3c(cc21)OCO3.CCOc1ccccc1[C@H]1CC(=O)Cc2cc3c(cc21)OCO3. The van der Waals surface area contributed by atoms with E-state index in [2.05, 4.69) is 12.2 Å². The van der Waals surface area contributed by atoms with E-state index in [1.165, 1.54) is 0 Å². The maximum atomic E-state index is 12.3. The molecule has 10 aromatic rings. The van der Waals surface area contributed by atoms with Crippen LogP contribution in [-0.2, 0) is 49.7 Å². The maximum Gasteiger partial charge on any atom is 0.231 e. The molecule has 20 rings (SSSR count). The minimum atomic E-state index is -0.0590. The minimum absolute atomic E-state index is 0.00309. The van der Waals surface area contributed by atoms with E-state index in [4.69, 9.17) is 71.1 Å². The lowest BCUT2D eigenvalue weighted by atomic mass is 9.78. The van der Waals surface area contributed by atoms with E-state index < -0.39 is 0 Å². The molecule has 1 amide bonds. The highest BCUT2D eigenvalue weighted by Gasteiger charge is 2.37. The van der Waals surface area contributed by atoms with E-state index in [-0.39, 0.29) is 86.7 Å². The third-order valence-corrected chi connectivity index (χ3v) is 21.6. The van der Waals surface area contributed by atoms with Crippen LogP contribution in [0.5, 0.6) is 86.2 Å². The number of Topliss-reactive ketones (excluding diaryl/α,β-unsaturated/α-hetero) is 3. The van der Waals surface area contributed by atoms with Gasteiger partial charge in [-0.2, -0.15) is 0 Å². The molecule has 0 saturated carbocycles. The summed E-state index contributed by atoms with van der Waals surface area (Å²) < 4.78 is 83.6. The van der Waals surface area contributed by atoms with Crippen LogP contribution in [0.25, 0.3) is 5.57 Å². The fourth-order valence-electron chi connectivity index (χ4n) is 16.6. The first kappa shape index (κ1) is 77.0. The first-order valence-electron chi connectivity index (χ1n) is 39.6. The van der Waals surface area contributed by atoms with E-state index in [1.807, 2.05) is 210 Å². The zero-order valence-electron chi connectivity index (χ0n) is 65.3. The van der Waals surface area contributed by atoms with Gasteiger partial charge < -0.3 is 76.4 Å². The fourth-order valence-corrected chi connectivity index (χ4v) is 16.6. The molecule has 21 heteroatoms. The number of benzene rings is 10. The summed E-state index contributed by atoms with van der Waals surface area (Å²) in [5.74, 6) is 12.2. The summed E-state index contributed by atoms with van der Waals surface area (Å²) in [6.45, 7) is 14.1. The second-order valence-corrected chi connectivity index (χ2v) is 29.0. The Morgan fingerprint density at radius 1 is 0.310 bits per heavy atom. The van der Waals surface area contributed by atoms with Crippen molar-refractivity contribution >= 4 is 40.3 Å². The largest absolute Gasteiger partial charge is 0.494 e. The topological polar surface area (TPSA) is 236 Å². The second kappa shape index (κ2) is 34.8. The van der Waals surface area contributed by atoms with E-state index in [0.29, 0.717) is 95.9 Å². The highest BCUT2D eigenvalue weighted by Crippen LogP contribution is 2.51. The molecule has 2 unspecified atom stereocenters. The van der Waals surface area contributed by atoms with E-state index in [0.717, 1.165) is 170 Å². The number of rotatable bonds is 16. The molecule has 0 saturated heterocycles. The number of allylic oxidation sites excluding steroid dienone is 1. The number of carbonyl (C=O) groups is 5. The average Bonchev–Trinajstić information content (AvgIpc) is 1.39. The van der Waals surface area contributed by atoms with Gasteiger partial charge in [-0.3, -0.25) is 24.0 Å².